The van der Waals surface area contributed by atoms with Gasteiger partial charge in [-0.25, -0.2) is 0 Å². The third kappa shape index (κ3) is 15.3. The number of ketones is 3. The van der Waals surface area contributed by atoms with Crippen molar-refractivity contribution in [3.8, 4) is 0 Å². The number of carboxylic acids is 3. The summed E-state index contributed by atoms with van der Waals surface area (Å²) in [5.74, 6) is -12.2. The van der Waals surface area contributed by atoms with E-state index < -0.39 is 53.0 Å². The fourth-order valence-electron chi connectivity index (χ4n) is 0.743. The van der Waals surface area contributed by atoms with Crippen LogP contribution in [0.1, 0.15) is 20.8 Å². The van der Waals surface area contributed by atoms with Gasteiger partial charge in [-0.2, -0.15) is 0 Å². The zero-order valence-electron chi connectivity index (χ0n) is 14.8. The van der Waals surface area contributed by atoms with Crippen LogP contribution in [0.5, 0.6) is 0 Å². The van der Waals surface area contributed by atoms with E-state index in [-0.39, 0.29) is 37.4 Å². The van der Waals surface area contributed by atoms with Crippen LogP contribution in [0.4, 0.5) is 0 Å². The van der Waals surface area contributed by atoms with Crippen LogP contribution >= 0.6 is 0 Å². The van der Waals surface area contributed by atoms with Gasteiger partial charge in [-0.05, 0) is 20.8 Å². The Morgan fingerprint density at radius 1 is 0.536 bits per heavy atom. The number of hydrogen-bond donors (Lipinski definition) is 0. The Labute approximate surface area is 170 Å². The van der Waals surface area contributed by atoms with E-state index in [0.717, 1.165) is 0 Å². The molecule has 12 nitrogen and oxygen atoms in total. The summed E-state index contributed by atoms with van der Waals surface area (Å²) in [6.07, 6.45) is 0.786. The van der Waals surface area contributed by atoms with Gasteiger partial charge in [0.15, 0.2) is 17.3 Å². The van der Waals surface area contributed by atoms with Crippen molar-refractivity contribution in [1.29, 1.82) is 0 Å². The number of rotatable bonds is 9. The van der Waals surface area contributed by atoms with Gasteiger partial charge in [-0.15, -0.1) is 0 Å². The van der Waals surface area contributed by atoms with Crippen LogP contribution in [0.15, 0.2) is 0 Å². The van der Waals surface area contributed by atoms with Crippen LogP contribution in [-0.4, -0.2) is 54.1 Å². The standard InChI is InChI=1S/3C5H6O4.V/c3*1-3(2-6)4(7)5(8)9;/h3*2-3H,1H3,(H,8,9);/p-3. The van der Waals surface area contributed by atoms with Crippen molar-refractivity contribution in [2.75, 3.05) is 0 Å². The molecular weight excluding hydrogens is 423 g/mol. The Bertz CT molecular complexity index is 539. The topological polar surface area (TPSA) is 223 Å². The summed E-state index contributed by atoms with van der Waals surface area (Å²) in [4.78, 5) is 88.8. The van der Waals surface area contributed by atoms with E-state index in [2.05, 4.69) is 0 Å². The minimum Gasteiger partial charge on any atom is -0.542 e. The maximum absolute atomic E-state index is 10.2. The molecule has 0 saturated carbocycles. The molecule has 0 amide bonds. The van der Waals surface area contributed by atoms with Crippen molar-refractivity contribution in [1.82, 2.24) is 0 Å². The molecule has 0 aromatic heterocycles. The molecule has 155 valence electrons. The predicted octanol–water partition coefficient (Wildman–Crippen LogP) is -5.58. The van der Waals surface area contributed by atoms with Crippen molar-refractivity contribution < 1.29 is 77.0 Å². The predicted molar refractivity (Wildman–Crippen MR) is 75.7 cm³/mol. The number of aliphatic carboxylic acids is 3. The average Bonchev–Trinajstić information content (AvgIpc) is 2.64. The Hall–Kier alpha value is -2.99. The van der Waals surface area contributed by atoms with Crippen molar-refractivity contribution in [3.63, 3.8) is 0 Å². The zero-order chi connectivity index (χ0) is 22.3. The fraction of sp³-hybridized carbons (Fsp3) is 0.400. The molecule has 1 radical (unpaired) electrons. The van der Waals surface area contributed by atoms with E-state index in [4.69, 9.17) is 0 Å². The maximum Gasteiger partial charge on any atom is 0.188 e. The van der Waals surface area contributed by atoms with Crippen LogP contribution in [0.25, 0.3) is 0 Å². The molecule has 0 aliphatic heterocycles. The fourth-order valence-corrected chi connectivity index (χ4v) is 0.743. The van der Waals surface area contributed by atoms with Crippen LogP contribution in [0.2, 0.25) is 0 Å². The van der Waals surface area contributed by atoms with Gasteiger partial charge in [0.2, 0.25) is 0 Å². The summed E-state index contributed by atoms with van der Waals surface area (Å²) in [7, 11) is 0. The normalized spacial score (nSPS) is 11.7. The zero-order valence-corrected chi connectivity index (χ0v) is 16.2. The average molecular weight is 438 g/mol. The Balaban J connectivity index is -0.000000152. The molecule has 0 saturated heterocycles. The molecule has 3 atom stereocenters. The largest absolute Gasteiger partial charge is 0.542 e. The minimum atomic E-state index is -1.81. The second kappa shape index (κ2) is 17.4. The van der Waals surface area contributed by atoms with Crippen LogP contribution in [-0.2, 0) is 61.7 Å². The van der Waals surface area contributed by atoms with Crippen LogP contribution in [0, 0.1) is 17.8 Å². The molecule has 0 aromatic rings. The first kappa shape index (κ1) is 32.7. The Morgan fingerprint density at radius 2 is 0.679 bits per heavy atom. The molecule has 0 heterocycles. The smallest absolute Gasteiger partial charge is 0.188 e. The number of hydrogen-bond acceptors (Lipinski definition) is 12. The molecule has 3 unspecified atom stereocenters. The molecule has 13 heteroatoms. The second-order valence-corrected chi connectivity index (χ2v) is 4.73. The van der Waals surface area contributed by atoms with Crippen molar-refractivity contribution >= 4 is 54.1 Å². The second-order valence-electron chi connectivity index (χ2n) is 4.73. The van der Waals surface area contributed by atoms with Crippen molar-refractivity contribution in [2.24, 2.45) is 17.8 Å². The van der Waals surface area contributed by atoms with Gasteiger partial charge in [0.25, 0.3) is 0 Å². The summed E-state index contributed by atoms with van der Waals surface area (Å²) < 4.78 is 0. The van der Waals surface area contributed by atoms with Gasteiger partial charge in [-0.1, -0.05) is 0 Å². The molecule has 28 heavy (non-hydrogen) atoms. The first-order chi connectivity index (χ1) is 12.3. The van der Waals surface area contributed by atoms with Crippen molar-refractivity contribution in [2.45, 2.75) is 20.8 Å². The van der Waals surface area contributed by atoms with Gasteiger partial charge in [0, 0.05) is 18.6 Å². The number of Topliss-reactive ketones (excluding diaryl/α,β-unsaturated/α-hetero) is 3. The third-order valence-electron chi connectivity index (χ3n) is 2.46. The SMILES string of the molecule is CC(C=O)C(=O)C(=O)[O-].CC(C=O)C(=O)C(=O)[O-].CC(C=O)C(=O)C(=O)[O-].[V]. The summed E-state index contributed by atoms with van der Waals surface area (Å²) in [6.45, 7) is 3.60. The Kier molecular flexibility index (Phi) is 20.3. The molecule has 0 aliphatic carbocycles. The van der Waals surface area contributed by atoms with Gasteiger partial charge in [0.1, 0.15) is 36.8 Å². The van der Waals surface area contributed by atoms with Gasteiger partial charge < -0.3 is 44.1 Å². The summed E-state index contributed by atoms with van der Waals surface area (Å²) in [5, 5.41) is 29.0. The van der Waals surface area contributed by atoms with Crippen LogP contribution in [0.3, 0.4) is 0 Å². The van der Waals surface area contributed by atoms with Crippen molar-refractivity contribution in [3.05, 3.63) is 0 Å². The van der Waals surface area contributed by atoms with E-state index in [1.807, 2.05) is 0 Å². The quantitative estimate of drug-likeness (QED) is 0.187. The monoisotopic (exact) mass is 438 g/mol. The number of carbonyl (C=O) groups is 9. The summed E-state index contributed by atoms with van der Waals surface area (Å²) in [5.41, 5.74) is 0. The first-order valence-electron chi connectivity index (χ1n) is 6.89. The molecule has 0 fully saturated rings. The molecule has 0 aromatic carbocycles. The molecule has 0 N–H and O–H groups in total. The van der Waals surface area contributed by atoms with E-state index in [0.29, 0.717) is 0 Å². The van der Waals surface area contributed by atoms with Gasteiger partial charge in [-0.3, -0.25) is 14.4 Å². The number of aldehydes is 3. The van der Waals surface area contributed by atoms with E-state index in [1.54, 1.807) is 0 Å². The molecular formula is C15H15O12V-3. The van der Waals surface area contributed by atoms with Gasteiger partial charge in [0.05, 0.1) is 17.8 Å². The number of carbonyl (C=O) groups excluding carboxylic acids is 9. The molecule has 0 rings (SSSR count). The summed E-state index contributed by atoms with van der Waals surface area (Å²) in [6, 6.07) is 0. The molecule has 0 aliphatic rings. The maximum atomic E-state index is 10.2. The number of carboxylic acid groups (broad SMARTS) is 3. The van der Waals surface area contributed by atoms with E-state index >= 15 is 0 Å². The van der Waals surface area contributed by atoms with E-state index in [9.17, 15) is 58.5 Å². The first-order valence-corrected chi connectivity index (χ1v) is 6.89. The summed E-state index contributed by atoms with van der Waals surface area (Å²) >= 11 is 0. The van der Waals surface area contributed by atoms with Crippen LogP contribution < -0.4 is 15.3 Å². The minimum absolute atomic E-state index is 0. The third-order valence-corrected chi connectivity index (χ3v) is 2.46. The molecule has 0 bridgehead atoms. The van der Waals surface area contributed by atoms with E-state index in [1.165, 1.54) is 20.8 Å². The molecule has 0 spiro atoms. The Morgan fingerprint density at radius 3 is 0.714 bits per heavy atom. The van der Waals surface area contributed by atoms with Gasteiger partial charge >= 0.3 is 0 Å².